The molecule has 86 valence electrons. The van der Waals surface area contributed by atoms with Crippen molar-refractivity contribution in [3.63, 3.8) is 0 Å². The molecule has 0 amide bonds. The van der Waals surface area contributed by atoms with Crippen molar-refractivity contribution in [2.45, 2.75) is 13.1 Å². The van der Waals surface area contributed by atoms with Crippen molar-refractivity contribution in [2.75, 3.05) is 0 Å². The fraction of sp³-hybridized carbons (Fsp3) is 0.154. The minimum absolute atomic E-state index is 0.941. The molecule has 3 aromatic rings. The summed E-state index contributed by atoms with van der Waals surface area (Å²) in [6, 6.07) is 8.43. The van der Waals surface area contributed by atoms with Crippen LogP contribution in [0.1, 0.15) is 0 Å². The van der Waals surface area contributed by atoms with E-state index in [2.05, 4.69) is 60.5 Å². The highest BCUT2D eigenvalue weighted by molar-refractivity contribution is 9.10. The standard InChI is InChI=1S/C13H12BrN3/c14-12-2-1-3-13-11(12)4-6-17(13)9-8-16-7-5-15-10-16/h1-7,10H,8-9H2. The molecular formula is C13H12BrN3. The largest absolute Gasteiger partial charge is 0.346 e. The lowest BCUT2D eigenvalue weighted by Crippen LogP contribution is -2.04. The lowest BCUT2D eigenvalue weighted by atomic mass is 10.2. The molecule has 0 unspecified atom stereocenters. The molecule has 0 aliphatic rings. The zero-order valence-electron chi connectivity index (χ0n) is 9.25. The monoisotopic (exact) mass is 289 g/mol. The third-order valence-electron chi connectivity index (χ3n) is 2.92. The van der Waals surface area contributed by atoms with Gasteiger partial charge < -0.3 is 9.13 Å². The van der Waals surface area contributed by atoms with E-state index in [1.165, 1.54) is 10.9 Å². The van der Waals surface area contributed by atoms with Gasteiger partial charge in [0, 0.05) is 47.1 Å². The number of aryl methyl sites for hydroxylation is 2. The Balaban J connectivity index is 1.88. The highest BCUT2D eigenvalue weighted by atomic mass is 79.9. The van der Waals surface area contributed by atoms with Gasteiger partial charge >= 0.3 is 0 Å². The molecule has 0 bridgehead atoms. The van der Waals surface area contributed by atoms with Gasteiger partial charge in [0.05, 0.1) is 6.33 Å². The second-order valence-electron chi connectivity index (χ2n) is 3.98. The van der Waals surface area contributed by atoms with E-state index in [-0.39, 0.29) is 0 Å². The summed E-state index contributed by atoms with van der Waals surface area (Å²) in [6.45, 7) is 1.90. The number of nitrogens with zero attached hydrogens (tertiary/aromatic N) is 3. The van der Waals surface area contributed by atoms with Crippen LogP contribution in [0.2, 0.25) is 0 Å². The van der Waals surface area contributed by atoms with Gasteiger partial charge in [-0.3, -0.25) is 0 Å². The van der Waals surface area contributed by atoms with Crippen molar-refractivity contribution < 1.29 is 0 Å². The maximum Gasteiger partial charge on any atom is 0.0946 e. The van der Waals surface area contributed by atoms with E-state index >= 15 is 0 Å². The molecule has 0 N–H and O–H groups in total. The minimum atomic E-state index is 0.941. The van der Waals surface area contributed by atoms with Gasteiger partial charge in [-0.1, -0.05) is 22.0 Å². The molecule has 0 radical (unpaired) electrons. The molecule has 0 saturated carbocycles. The molecule has 0 fully saturated rings. The van der Waals surface area contributed by atoms with Crippen molar-refractivity contribution in [3.8, 4) is 0 Å². The number of hydrogen-bond donors (Lipinski definition) is 0. The Hall–Kier alpha value is -1.55. The van der Waals surface area contributed by atoms with Crippen LogP contribution < -0.4 is 0 Å². The first-order chi connectivity index (χ1) is 8.34. The van der Waals surface area contributed by atoms with Crippen molar-refractivity contribution in [1.82, 2.24) is 14.1 Å². The first-order valence-corrected chi connectivity index (χ1v) is 6.33. The molecule has 0 saturated heterocycles. The van der Waals surface area contributed by atoms with Crippen molar-refractivity contribution >= 4 is 26.8 Å². The smallest absolute Gasteiger partial charge is 0.0946 e. The molecule has 4 heteroatoms. The zero-order valence-corrected chi connectivity index (χ0v) is 10.8. The van der Waals surface area contributed by atoms with E-state index in [0.29, 0.717) is 0 Å². The van der Waals surface area contributed by atoms with Crippen LogP contribution >= 0.6 is 15.9 Å². The average Bonchev–Trinajstić information content (AvgIpc) is 2.95. The van der Waals surface area contributed by atoms with Crippen molar-refractivity contribution in [2.24, 2.45) is 0 Å². The topological polar surface area (TPSA) is 22.8 Å². The molecule has 3 nitrogen and oxygen atoms in total. The Labute approximate surface area is 108 Å². The Morgan fingerprint density at radius 2 is 2.06 bits per heavy atom. The quantitative estimate of drug-likeness (QED) is 0.725. The van der Waals surface area contributed by atoms with Crippen molar-refractivity contribution in [3.05, 3.63) is 53.7 Å². The number of hydrogen-bond acceptors (Lipinski definition) is 1. The van der Waals surface area contributed by atoms with E-state index in [0.717, 1.165) is 17.6 Å². The number of halogens is 1. The number of rotatable bonds is 3. The Morgan fingerprint density at radius 1 is 1.12 bits per heavy atom. The third-order valence-corrected chi connectivity index (χ3v) is 3.61. The Kier molecular flexibility index (Phi) is 2.73. The van der Waals surface area contributed by atoms with Crippen LogP contribution in [0.3, 0.4) is 0 Å². The van der Waals surface area contributed by atoms with Gasteiger partial charge in [-0.05, 0) is 18.2 Å². The fourth-order valence-electron chi connectivity index (χ4n) is 2.02. The third kappa shape index (κ3) is 2.00. The lowest BCUT2D eigenvalue weighted by Gasteiger charge is -2.06. The van der Waals surface area contributed by atoms with Gasteiger partial charge in [0.15, 0.2) is 0 Å². The zero-order chi connectivity index (χ0) is 11.7. The van der Waals surface area contributed by atoms with Crippen LogP contribution in [0.4, 0.5) is 0 Å². The predicted molar refractivity (Wildman–Crippen MR) is 71.9 cm³/mol. The Morgan fingerprint density at radius 3 is 2.88 bits per heavy atom. The van der Waals surface area contributed by atoms with Gasteiger partial charge in [-0.2, -0.15) is 0 Å². The minimum Gasteiger partial charge on any atom is -0.346 e. The summed E-state index contributed by atoms with van der Waals surface area (Å²) in [6.07, 6.45) is 7.78. The molecular weight excluding hydrogens is 278 g/mol. The molecule has 0 atom stereocenters. The molecule has 2 aromatic heterocycles. The first-order valence-electron chi connectivity index (χ1n) is 5.54. The van der Waals surface area contributed by atoms with Gasteiger partial charge in [0.1, 0.15) is 0 Å². The van der Waals surface area contributed by atoms with E-state index in [1.54, 1.807) is 0 Å². The maximum atomic E-state index is 4.04. The normalized spacial score (nSPS) is 11.1. The number of fused-ring (bicyclic) bond motifs is 1. The van der Waals surface area contributed by atoms with Crippen molar-refractivity contribution in [1.29, 1.82) is 0 Å². The second kappa shape index (κ2) is 4.37. The molecule has 1 aromatic carbocycles. The van der Waals surface area contributed by atoms with Crippen LogP contribution in [-0.2, 0) is 13.1 Å². The summed E-state index contributed by atoms with van der Waals surface area (Å²) in [5.41, 5.74) is 1.26. The highest BCUT2D eigenvalue weighted by Crippen LogP contribution is 2.24. The number of aromatic nitrogens is 3. The van der Waals surface area contributed by atoms with Crippen LogP contribution in [0.25, 0.3) is 10.9 Å². The highest BCUT2D eigenvalue weighted by Gasteiger charge is 2.03. The summed E-state index contributed by atoms with van der Waals surface area (Å²) in [7, 11) is 0. The van der Waals surface area contributed by atoms with Crippen LogP contribution in [0.15, 0.2) is 53.7 Å². The maximum absolute atomic E-state index is 4.04. The molecule has 0 spiro atoms. The van der Waals surface area contributed by atoms with E-state index in [9.17, 15) is 0 Å². The molecule has 0 aliphatic heterocycles. The van der Waals surface area contributed by atoms with E-state index < -0.39 is 0 Å². The number of imidazole rings is 1. The average molecular weight is 290 g/mol. The summed E-state index contributed by atoms with van der Waals surface area (Å²) in [4.78, 5) is 4.04. The SMILES string of the molecule is Brc1cccc2c1ccn2CCn1ccnc1. The fourth-order valence-corrected chi connectivity index (χ4v) is 2.51. The molecule has 3 rings (SSSR count). The van der Waals surface area contributed by atoms with Crippen LogP contribution in [-0.4, -0.2) is 14.1 Å². The second-order valence-corrected chi connectivity index (χ2v) is 4.84. The summed E-state index contributed by atoms with van der Waals surface area (Å²) < 4.78 is 5.50. The predicted octanol–water partition coefficient (Wildman–Crippen LogP) is 3.30. The summed E-state index contributed by atoms with van der Waals surface area (Å²) in [5.74, 6) is 0. The first kappa shape index (κ1) is 10.6. The van der Waals surface area contributed by atoms with E-state index in [4.69, 9.17) is 0 Å². The Bertz CT molecular complexity index is 625. The molecule has 2 heterocycles. The summed E-state index contributed by atoms with van der Waals surface area (Å²) >= 11 is 3.57. The lowest BCUT2D eigenvalue weighted by molar-refractivity contribution is 0.592. The van der Waals surface area contributed by atoms with E-state index in [1.807, 2.05) is 18.7 Å². The number of benzene rings is 1. The van der Waals surface area contributed by atoms with Gasteiger partial charge in [-0.15, -0.1) is 0 Å². The van der Waals surface area contributed by atoms with Gasteiger partial charge in [-0.25, -0.2) is 4.98 Å². The molecule has 0 aliphatic carbocycles. The van der Waals surface area contributed by atoms with Crippen LogP contribution in [0, 0.1) is 0 Å². The van der Waals surface area contributed by atoms with Gasteiger partial charge in [0.25, 0.3) is 0 Å². The molecule has 17 heavy (non-hydrogen) atoms. The van der Waals surface area contributed by atoms with Crippen LogP contribution in [0.5, 0.6) is 0 Å². The van der Waals surface area contributed by atoms with Gasteiger partial charge in [0.2, 0.25) is 0 Å². The summed E-state index contributed by atoms with van der Waals surface area (Å²) in [5, 5.41) is 1.26.